The number of amides is 1. The van der Waals surface area contributed by atoms with Crippen LogP contribution in [0.3, 0.4) is 0 Å². The molecule has 1 aromatic heterocycles. The van der Waals surface area contributed by atoms with Gasteiger partial charge in [-0.25, -0.2) is 0 Å². The van der Waals surface area contributed by atoms with E-state index in [9.17, 15) is 4.79 Å². The molecule has 4 rings (SSSR count). The first-order chi connectivity index (χ1) is 18.9. The summed E-state index contributed by atoms with van der Waals surface area (Å²) in [7, 11) is 1.62. The number of unbranched alkanes of at least 4 members (excludes halogenated alkanes) is 8. The zero-order chi connectivity index (χ0) is 27.8. The third-order valence-corrected chi connectivity index (χ3v) is 7.99. The molecule has 2 N–H and O–H groups in total. The third-order valence-electron chi connectivity index (χ3n) is 7.99. The maximum absolute atomic E-state index is 13.6. The van der Waals surface area contributed by atoms with Crippen molar-refractivity contribution >= 4 is 11.6 Å². The number of ether oxygens (including phenoxy) is 1. The van der Waals surface area contributed by atoms with Gasteiger partial charge in [-0.2, -0.15) is 0 Å². The lowest BCUT2D eigenvalue weighted by Gasteiger charge is -2.34. The molecule has 212 valence electrons. The molecule has 0 saturated carbocycles. The number of hydrogen-bond acceptors (Lipinski definition) is 6. The Labute approximate surface area is 233 Å². The highest BCUT2D eigenvalue weighted by Gasteiger charge is 2.39. The van der Waals surface area contributed by atoms with Crippen LogP contribution < -0.4 is 15.4 Å². The number of nitrogens with zero attached hydrogens (tertiary/aromatic N) is 4. The SMILES string of the molecule is C=C1CCC(N2Cc3c(C)cc(NCc4cn(CCCCCCCCCCC)nn4)c(OC)c3C2=O)C(=C)N1. The number of piperidine rings is 1. The Kier molecular flexibility index (Phi) is 10.1. The Morgan fingerprint density at radius 2 is 1.85 bits per heavy atom. The standard InChI is InChI=1S/C31H46N6O2/c1-6-7-8-9-10-11-12-13-14-17-36-20-25(34-35-36)19-32-27-18-22(2)26-21-37(31(38)29(26)30(27)39-5)28-16-15-23(3)33-24(28)4/h18,20,28,32-33H,3-4,6-17,19,21H2,1-2,5H3. The average molecular weight is 535 g/mol. The first kappa shape index (κ1) is 28.7. The van der Waals surface area contributed by atoms with Gasteiger partial charge < -0.3 is 20.3 Å². The number of aryl methyl sites for hydroxylation is 2. The molecule has 3 heterocycles. The van der Waals surface area contributed by atoms with E-state index >= 15 is 0 Å². The topological polar surface area (TPSA) is 84.3 Å². The highest BCUT2D eigenvalue weighted by Crippen LogP contribution is 2.41. The van der Waals surface area contributed by atoms with Crippen molar-refractivity contribution in [2.45, 2.75) is 110 Å². The highest BCUT2D eigenvalue weighted by molar-refractivity contribution is 6.03. The molecule has 0 spiro atoms. The molecule has 0 aliphatic carbocycles. The van der Waals surface area contributed by atoms with Crippen LogP contribution in [0.2, 0.25) is 0 Å². The fraction of sp³-hybridized carbons (Fsp3) is 0.581. The van der Waals surface area contributed by atoms with Crippen molar-refractivity contribution in [3.05, 3.63) is 59.2 Å². The number of rotatable bonds is 15. The molecular weight excluding hydrogens is 488 g/mol. The van der Waals surface area contributed by atoms with E-state index in [-0.39, 0.29) is 11.9 Å². The predicted octanol–water partition coefficient (Wildman–Crippen LogP) is 6.47. The summed E-state index contributed by atoms with van der Waals surface area (Å²) in [5, 5.41) is 15.3. The van der Waals surface area contributed by atoms with Crippen molar-refractivity contribution in [2.75, 3.05) is 12.4 Å². The van der Waals surface area contributed by atoms with Gasteiger partial charge in [0.2, 0.25) is 0 Å². The number of aromatic nitrogens is 3. The second-order valence-electron chi connectivity index (χ2n) is 11.0. The fourth-order valence-electron chi connectivity index (χ4n) is 5.75. The molecule has 2 aromatic rings. The first-order valence-corrected chi connectivity index (χ1v) is 14.7. The lowest BCUT2D eigenvalue weighted by Crippen LogP contribution is -2.43. The molecule has 1 saturated heterocycles. The molecule has 1 amide bonds. The Balaban J connectivity index is 1.31. The molecule has 8 nitrogen and oxygen atoms in total. The van der Waals surface area contributed by atoms with Crippen molar-refractivity contribution < 1.29 is 9.53 Å². The molecule has 8 heteroatoms. The molecule has 2 aliphatic rings. The van der Waals surface area contributed by atoms with E-state index in [0.717, 1.165) is 59.7 Å². The van der Waals surface area contributed by atoms with Crippen molar-refractivity contribution in [3.8, 4) is 5.75 Å². The van der Waals surface area contributed by atoms with Crippen LogP contribution in [0.25, 0.3) is 0 Å². The largest absolute Gasteiger partial charge is 0.494 e. The number of hydrogen-bond donors (Lipinski definition) is 2. The minimum absolute atomic E-state index is 0.0130. The van der Waals surface area contributed by atoms with Crippen molar-refractivity contribution in [1.82, 2.24) is 25.2 Å². The maximum atomic E-state index is 13.6. The predicted molar refractivity (Wildman–Crippen MR) is 157 cm³/mol. The molecule has 1 aromatic carbocycles. The second-order valence-corrected chi connectivity index (χ2v) is 11.0. The van der Waals surface area contributed by atoms with E-state index in [2.05, 4.69) is 54.0 Å². The van der Waals surface area contributed by atoms with E-state index in [1.54, 1.807) is 7.11 Å². The van der Waals surface area contributed by atoms with Crippen LogP contribution in [0, 0.1) is 6.92 Å². The number of allylic oxidation sites excluding steroid dienone is 1. The molecule has 1 atom stereocenters. The number of methoxy groups -OCH3 is 1. The van der Waals surface area contributed by atoms with Crippen molar-refractivity contribution in [1.29, 1.82) is 0 Å². The van der Waals surface area contributed by atoms with E-state index < -0.39 is 0 Å². The number of fused-ring (bicyclic) bond motifs is 1. The Bertz CT molecular complexity index is 1170. The van der Waals surface area contributed by atoms with E-state index in [0.29, 0.717) is 24.4 Å². The van der Waals surface area contributed by atoms with Crippen molar-refractivity contribution in [2.24, 2.45) is 0 Å². The van der Waals surface area contributed by atoms with E-state index in [4.69, 9.17) is 4.74 Å². The Morgan fingerprint density at radius 1 is 1.13 bits per heavy atom. The number of carbonyl (C=O) groups is 1. The third kappa shape index (κ3) is 7.02. The number of anilines is 1. The van der Waals surface area contributed by atoms with Gasteiger partial charge in [-0.05, 0) is 43.4 Å². The zero-order valence-electron chi connectivity index (χ0n) is 24.2. The zero-order valence-corrected chi connectivity index (χ0v) is 24.2. The molecule has 1 unspecified atom stereocenters. The van der Waals surface area contributed by atoms with Gasteiger partial charge >= 0.3 is 0 Å². The Morgan fingerprint density at radius 3 is 2.54 bits per heavy atom. The summed E-state index contributed by atoms with van der Waals surface area (Å²) in [6, 6.07) is 2.01. The number of benzene rings is 1. The minimum atomic E-state index is -0.0586. The number of carbonyl (C=O) groups excluding carboxylic acids is 1. The average Bonchev–Trinajstić information content (AvgIpc) is 3.51. The summed E-state index contributed by atoms with van der Waals surface area (Å²) < 4.78 is 7.73. The van der Waals surface area contributed by atoms with Gasteiger partial charge in [0.1, 0.15) is 5.69 Å². The van der Waals surface area contributed by atoms with Gasteiger partial charge in [0.15, 0.2) is 5.75 Å². The summed E-state index contributed by atoms with van der Waals surface area (Å²) in [5.74, 6) is 0.574. The van der Waals surface area contributed by atoms with Crippen LogP contribution in [0.4, 0.5) is 5.69 Å². The van der Waals surface area contributed by atoms with Crippen LogP contribution in [-0.2, 0) is 19.6 Å². The minimum Gasteiger partial charge on any atom is -0.494 e. The maximum Gasteiger partial charge on any atom is 0.258 e. The van der Waals surface area contributed by atoms with Gasteiger partial charge in [0.25, 0.3) is 5.91 Å². The molecule has 0 bridgehead atoms. The summed E-state index contributed by atoms with van der Waals surface area (Å²) in [4.78, 5) is 15.5. The lowest BCUT2D eigenvalue weighted by atomic mass is 10.0. The summed E-state index contributed by atoms with van der Waals surface area (Å²) in [6.45, 7) is 14.4. The highest BCUT2D eigenvalue weighted by atomic mass is 16.5. The summed E-state index contributed by atoms with van der Waals surface area (Å²) >= 11 is 0. The lowest BCUT2D eigenvalue weighted by molar-refractivity contribution is 0.0709. The van der Waals surface area contributed by atoms with Crippen LogP contribution in [0.5, 0.6) is 5.75 Å². The fourth-order valence-corrected chi connectivity index (χ4v) is 5.75. The van der Waals surface area contributed by atoms with Gasteiger partial charge in [-0.15, -0.1) is 5.10 Å². The van der Waals surface area contributed by atoms with Crippen LogP contribution in [0.1, 0.15) is 105 Å². The van der Waals surface area contributed by atoms with E-state index in [1.807, 2.05) is 15.8 Å². The number of nitrogens with one attached hydrogen (secondary N) is 2. The van der Waals surface area contributed by atoms with Crippen molar-refractivity contribution in [3.63, 3.8) is 0 Å². The molecular formula is C31H46N6O2. The van der Waals surface area contributed by atoms with E-state index in [1.165, 1.54) is 51.4 Å². The van der Waals surface area contributed by atoms with Crippen LogP contribution in [-0.4, -0.2) is 39.0 Å². The monoisotopic (exact) mass is 534 g/mol. The molecule has 1 fully saturated rings. The van der Waals surface area contributed by atoms with Crippen LogP contribution in [0.15, 0.2) is 36.8 Å². The first-order valence-electron chi connectivity index (χ1n) is 14.7. The van der Waals surface area contributed by atoms with Gasteiger partial charge in [0.05, 0.1) is 37.1 Å². The van der Waals surface area contributed by atoms with Gasteiger partial charge in [-0.1, -0.05) is 76.7 Å². The van der Waals surface area contributed by atoms with Crippen LogP contribution >= 0.6 is 0 Å². The summed E-state index contributed by atoms with van der Waals surface area (Å²) in [5.41, 5.74) is 6.17. The smallest absolute Gasteiger partial charge is 0.258 e. The Hall–Kier alpha value is -3.29. The normalized spacial score (nSPS) is 16.9. The summed E-state index contributed by atoms with van der Waals surface area (Å²) in [6.07, 6.45) is 15.4. The quantitative estimate of drug-likeness (QED) is 0.255. The van der Waals surface area contributed by atoms with Gasteiger partial charge in [0, 0.05) is 24.5 Å². The van der Waals surface area contributed by atoms with Gasteiger partial charge in [-0.3, -0.25) is 9.48 Å². The molecule has 2 aliphatic heterocycles. The molecule has 39 heavy (non-hydrogen) atoms. The second kappa shape index (κ2) is 13.7. The molecule has 0 radical (unpaired) electrons.